The van der Waals surface area contributed by atoms with Crippen LogP contribution in [-0.4, -0.2) is 4.98 Å². The van der Waals surface area contributed by atoms with Crippen LogP contribution in [0.2, 0.25) is 0 Å². The lowest BCUT2D eigenvalue weighted by Crippen LogP contribution is -2.10. The minimum Gasteiger partial charge on any atom is -0.324 e. The number of hydrogen-bond donors (Lipinski definition) is 1. The Balaban J connectivity index is 2.42. The molecule has 2 rings (SSSR count). The Morgan fingerprint density at radius 1 is 1.44 bits per heavy atom. The van der Waals surface area contributed by atoms with Gasteiger partial charge in [0.1, 0.15) is 5.01 Å². The van der Waals surface area contributed by atoms with Gasteiger partial charge in [0.25, 0.3) is 0 Å². The molecular formula is C13H14N2S. The maximum Gasteiger partial charge on any atom is 0.123 e. The summed E-state index contributed by atoms with van der Waals surface area (Å²) in [6, 6.07) is 8.15. The fourth-order valence-electron chi connectivity index (χ4n) is 1.68. The second-order valence-electron chi connectivity index (χ2n) is 3.56. The lowest BCUT2D eigenvalue weighted by Gasteiger charge is -2.13. The molecule has 1 aromatic carbocycles. The monoisotopic (exact) mass is 230 g/mol. The van der Waals surface area contributed by atoms with E-state index >= 15 is 0 Å². The highest BCUT2D eigenvalue weighted by Crippen LogP contribution is 2.29. The third-order valence-corrected chi connectivity index (χ3v) is 3.25. The average Bonchev–Trinajstić information content (AvgIpc) is 2.83. The van der Waals surface area contributed by atoms with Gasteiger partial charge >= 0.3 is 0 Å². The van der Waals surface area contributed by atoms with Crippen molar-refractivity contribution in [2.24, 2.45) is 5.73 Å². The van der Waals surface area contributed by atoms with E-state index < -0.39 is 0 Å². The normalized spacial score (nSPS) is 12.3. The van der Waals surface area contributed by atoms with Gasteiger partial charge in [0.05, 0.1) is 0 Å². The zero-order valence-corrected chi connectivity index (χ0v) is 9.78. The van der Waals surface area contributed by atoms with Crippen molar-refractivity contribution < 1.29 is 0 Å². The highest BCUT2D eigenvalue weighted by atomic mass is 32.1. The summed E-state index contributed by atoms with van der Waals surface area (Å²) in [6.45, 7) is 3.73. The van der Waals surface area contributed by atoms with E-state index in [9.17, 15) is 0 Å². The molecule has 0 bridgehead atoms. The van der Waals surface area contributed by atoms with E-state index in [0.717, 1.165) is 22.6 Å². The van der Waals surface area contributed by atoms with Crippen molar-refractivity contribution in [1.82, 2.24) is 4.98 Å². The molecule has 2 aromatic rings. The zero-order chi connectivity index (χ0) is 11.4. The van der Waals surface area contributed by atoms with Crippen LogP contribution in [0.15, 0.2) is 48.5 Å². The molecule has 2 nitrogen and oxygen atoms in total. The Kier molecular flexibility index (Phi) is 3.49. The largest absolute Gasteiger partial charge is 0.324 e. The summed E-state index contributed by atoms with van der Waals surface area (Å²) in [6.07, 6.45) is 4.45. The van der Waals surface area contributed by atoms with Crippen LogP contribution in [0.1, 0.15) is 18.0 Å². The maximum absolute atomic E-state index is 6.12. The first-order chi connectivity index (χ1) is 7.83. The van der Waals surface area contributed by atoms with Gasteiger partial charge in [-0.3, -0.25) is 0 Å². The van der Waals surface area contributed by atoms with E-state index in [2.05, 4.69) is 23.7 Å². The summed E-state index contributed by atoms with van der Waals surface area (Å²) >= 11 is 1.63. The van der Waals surface area contributed by atoms with E-state index in [1.54, 1.807) is 11.3 Å². The summed E-state index contributed by atoms with van der Waals surface area (Å²) in [4.78, 5) is 4.33. The van der Waals surface area contributed by atoms with E-state index in [-0.39, 0.29) is 6.04 Å². The number of thiazole rings is 1. The molecule has 1 unspecified atom stereocenters. The first-order valence-corrected chi connectivity index (χ1v) is 6.06. The number of nitrogens with two attached hydrogens (primary N) is 1. The molecular weight excluding hydrogens is 216 g/mol. The van der Waals surface area contributed by atoms with E-state index in [4.69, 9.17) is 5.73 Å². The Hall–Kier alpha value is -1.45. The molecule has 0 spiro atoms. The topological polar surface area (TPSA) is 38.9 Å². The van der Waals surface area contributed by atoms with Gasteiger partial charge in [-0.05, 0) is 12.0 Å². The fraction of sp³-hybridized carbons (Fsp3) is 0.154. The zero-order valence-electron chi connectivity index (χ0n) is 8.97. The maximum atomic E-state index is 6.12. The molecule has 0 saturated carbocycles. The van der Waals surface area contributed by atoms with Gasteiger partial charge < -0.3 is 5.73 Å². The van der Waals surface area contributed by atoms with Gasteiger partial charge in [0.15, 0.2) is 0 Å². The van der Waals surface area contributed by atoms with Crippen molar-refractivity contribution in [2.75, 3.05) is 0 Å². The van der Waals surface area contributed by atoms with Crippen LogP contribution < -0.4 is 5.73 Å². The number of nitrogens with zero attached hydrogens (tertiary/aromatic N) is 1. The van der Waals surface area contributed by atoms with Crippen LogP contribution in [-0.2, 0) is 0 Å². The molecule has 2 N–H and O–H groups in total. The third-order valence-electron chi connectivity index (χ3n) is 2.44. The van der Waals surface area contributed by atoms with Crippen LogP contribution in [0, 0.1) is 0 Å². The summed E-state index contributed by atoms with van der Waals surface area (Å²) in [5.41, 5.74) is 8.39. The third kappa shape index (κ3) is 2.21. The van der Waals surface area contributed by atoms with Crippen molar-refractivity contribution in [3.63, 3.8) is 0 Å². The molecule has 82 valence electrons. The van der Waals surface area contributed by atoms with E-state index in [1.165, 1.54) is 0 Å². The number of hydrogen-bond acceptors (Lipinski definition) is 3. The molecule has 1 aromatic heterocycles. The van der Waals surface area contributed by atoms with Gasteiger partial charge in [0.2, 0.25) is 0 Å². The Labute approximate surface area is 99.5 Å². The molecule has 3 heteroatoms. The van der Waals surface area contributed by atoms with Crippen LogP contribution in [0.3, 0.4) is 0 Å². The molecule has 0 radical (unpaired) electrons. The van der Waals surface area contributed by atoms with Crippen LogP contribution in [0.25, 0.3) is 10.6 Å². The first kappa shape index (κ1) is 11.0. The second kappa shape index (κ2) is 5.05. The highest BCUT2D eigenvalue weighted by Gasteiger charge is 2.11. The summed E-state index contributed by atoms with van der Waals surface area (Å²) in [5, 5.41) is 3.00. The quantitative estimate of drug-likeness (QED) is 0.818. The van der Waals surface area contributed by atoms with Gasteiger partial charge in [-0.25, -0.2) is 4.98 Å². The molecule has 0 fully saturated rings. The molecule has 0 aliphatic rings. The Morgan fingerprint density at radius 3 is 2.94 bits per heavy atom. The van der Waals surface area contributed by atoms with E-state index in [0.29, 0.717) is 0 Å². The van der Waals surface area contributed by atoms with Gasteiger partial charge in [-0.15, -0.1) is 17.9 Å². The molecule has 0 saturated heterocycles. The lowest BCUT2D eigenvalue weighted by atomic mass is 9.99. The van der Waals surface area contributed by atoms with Gasteiger partial charge in [-0.1, -0.05) is 30.3 Å². The molecule has 16 heavy (non-hydrogen) atoms. The molecule has 1 atom stereocenters. The van der Waals surface area contributed by atoms with Crippen molar-refractivity contribution in [2.45, 2.75) is 12.5 Å². The minimum atomic E-state index is -0.00222. The molecule has 0 amide bonds. The standard InChI is InChI=1S/C13H14N2S/c1-2-5-12(14)10-6-3-4-7-11(10)13-15-8-9-16-13/h2-4,6-9,12H,1,5,14H2. The van der Waals surface area contributed by atoms with Crippen LogP contribution in [0.5, 0.6) is 0 Å². The van der Waals surface area contributed by atoms with Gasteiger partial charge in [-0.2, -0.15) is 0 Å². The Morgan fingerprint density at radius 2 is 2.25 bits per heavy atom. The lowest BCUT2D eigenvalue weighted by molar-refractivity contribution is 0.743. The van der Waals surface area contributed by atoms with Crippen molar-refractivity contribution in [1.29, 1.82) is 0 Å². The van der Waals surface area contributed by atoms with Crippen molar-refractivity contribution in [3.05, 3.63) is 54.1 Å². The van der Waals surface area contributed by atoms with Crippen LogP contribution >= 0.6 is 11.3 Å². The van der Waals surface area contributed by atoms with Gasteiger partial charge in [0, 0.05) is 23.2 Å². The van der Waals surface area contributed by atoms with Crippen molar-refractivity contribution >= 4 is 11.3 Å². The molecule has 1 heterocycles. The molecule has 0 aliphatic heterocycles. The smallest absolute Gasteiger partial charge is 0.123 e. The van der Waals surface area contributed by atoms with Crippen molar-refractivity contribution in [3.8, 4) is 10.6 Å². The predicted molar refractivity (Wildman–Crippen MR) is 69.3 cm³/mol. The minimum absolute atomic E-state index is 0.00222. The fourth-order valence-corrected chi connectivity index (χ4v) is 2.36. The summed E-state index contributed by atoms with van der Waals surface area (Å²) in [5.74, 6) is 0. The Bertz CT molecular complexity index is 463. The summed E-state index contributed by atoms with van der Waals surface area (Å²) in [7, 11) is 0. The average molecular weight is 230 g/mol. The highest BCUT2D eigenvalue weighted by molar-refractivity contribution is 7.13. The first-order valence-electron chi connectivity index (χ1n) is 5.18. The molecule has 0 aliphatic carbocycles. The number of rotatable bonds is 4. The second-order valence-corrected chi connectivity index (χ2v) is 4.45. The van der Waals surface area contributed by atoms with E-state index in [1.807, 2.05) is 29.8 Å². The number of benzene rings is 1. The summed E-state index contributed by atoms with van der Waals surface area (Å²) < 4.78 is 0. The SMILES string of the molecule is C=CCC(N)c1ccccc1-c1nccs1. The predicted octanol–water partition coefficient (Wildman–Crippen LogP) is 3.39. The number of aromatic nitrogens is 1. The van der Waals surface area contributed by atoms with Crippen LogP contribution in [0.4, 0.5) is 0 Å².